The third kappa shape index (κ3) is 5.08. The molecule has 0 radical (unpaired) electrons. The number of hydrogen-bond acceptors (Lipinski definition) is 6. The normalized spacial score (nSPS) is 15.7. The minimum Gasteiger partial charge on any atom is -0.454 e. The lowest BCUT2D eigenvalue weighted by molar-refractivity contribution is -0.134. The minimum absolute atomic E-state index is 0.0109. The van der Waals surface area contributed by atoms with Gasteiger partial charge < -0.3 is 24.7 Å². The van der Waals surface area contributed by atoms with Crippen LogP contribution < -0.4 is 14.8 Å². The van der Waals surface area contributed by atoms with Crippen LogP contribution in [0.2, 0.25) is 0 Å². The summed E-state index contributed by atoms with van der Waals surface area (Å²) in [5, 5.41) is 3.85. The summed E-state index contributed by atoms with van der Waals surface area (Å²) in [5.41, 5.74) is 2.69. The molecule has 172 valence electrons. The first-order valence-electron chi connectivity index (χ1n) is 11.2. The number of carbonyl (C=O) groups is 2. The predicted octanol–water partition coefficient (Wildman–Crippen LogP) is 4.04. The molecule has 8 nitrogen and oxygen atoms in total. The molecule has 9 heteroatoms. The maximum atomic E-state index is 12.7. The molecule has 0 aliphatic carbocycles. The lowest BCUT2D eigenvalue weighted by Gasteiger charge is -2.31. The Kier molecular flexibility index (Phi) is 6.39. The number of imidazole rings is 1. The van der Waals surface area contributed by atoms with Crippen molar-refractivity contribution in [2.24, 2.45) is 5.92 Å². The summed E-state index contributed by atoms with van der Waals surface area (Å²) >= 11 is 1.64. The number of H-pyrrole nitrogens is 1. The van der Waals surface area contributed by atoms with Gasteiger partial charge in [0.25, 0.3) is 0 Å². The number of anilines is 1. The van der Waals surface area contributed by atoms with E-state index in [4.69, 9.17) is 9.47 Å². The molecule has 3 aromatic rings. The van der Waals surface area contributed by atoms with Gasteiger partial charge in [0.2, 0.25) is 18.6 Å². The number of aromatic nitrogens is 2. The first-order chi connectivity index (χ1) is 16.2. The first kappa shape index (κ1) is 21.6. The number of ether oxygens (including phenoxy) is 2. The highest BCUT2D eigenvalue weighted by molar-refractivity contribution is 7.99. The van der Waals surface area contributed by atoms with Gasteiger partial charge in [0.05, 0.1) is 11.0 Å². The van der Waals surface area contributed by atoms with Crippen molar-refractivity contribution < 1.29 is 19.1 Å². The van der Waals surface area contributed by atoms with Crippen LogP contribution in [0, 0.1) is 5.92 Å². The second-order valence-corrected chi connectivity index (χ2v) is 9.31. The van der Waals surface area contributed by atoms with Crippen molar-refractivity contribution in [3.8, 4) is 11.5 Å². The highest BCUT2D eigenvalue weighted by Gasteiger charge is 2.27. The zero-order valence-corrected chi connectivity index (χ0v) is 19.0. The van der Waals surface area contributed by atoms with Crippen molar-refractivity contribution in [3.63, 3.8) is 0 Å². The third-order valence-corrected chi connectivity index (χ3v) is 6.96. The van der Waals surface area contributed by atoms with Crippen LogP contribution in [-0.2, 0) is 9.59 Å². The smallest absolute Gasteiger partial charge is 0.231 e. The van der Waals surface area contributed by atoms with Crippen molar-refractivity contribution in [2.75, 3.05) is 31.0 Å². The standard InChI is InChI=1S/C24H26N4O4S/c29-22(6-3-13-33-24-26-18-4-1-2-5-19(18)27-24)28-11-9-16(10-12-28)23(30)25-17-7-8-20-21(14-17)32-15-31-20/h1-2,4-5,7-8,14,16H,3,6,9-13,15H2,(H,25,30)(H,26,27). The summed E-state index contributed by atoms with van der Waals surface area (Å²) in [4.78, 5) is 35.0. The summed E-state index contributed by atoms with van der Waals surface area (Å²) in [6, 6.07) is 13.3. The molecule has 0 unspecified atom stereocenters. The van der Waals surface area contributed by atoms with Crippen molar-refractivity contribution >= 4 is 40.3 Å². The fraction of sp³-hybridized carbons (Fsp3) is 0.375. The van der Waals surface area contributed by atoms with E-state index in [1.54, 1.807) is 23.9 Å². The number of benzene rings is 2. The Morgan fingerprint density at radius 3 is 2.79 bits per heavy atom. The van der Waals surface area contributed by atoms with Gasteiger partial charge in [0.15, 0.2) is 16.7 Å². The van der Waals surface area contributed by atoms with Gasteiger partial charge in [-0.15, -0.1) is 0 Å². The maximum Gasteiger partial charge on any atom is 0.231 e. The minimum atomic E-state index is -0.0943. The number of rotatable bonds is 7. The summed E-state index contributed by atoms with van der Waals surface area (Å²) in [5.74, 6) is 2.23. The average molecular weight is 467 g/mol. The van der Waals surface area contributed by atoms with Crippen LogP contribution in [0.15, 0.2) is 47.6 Å². The van der Waals surface area contributed by atoms with Crippen LogP contribution in [-0.4, -0.2) is 52.3 Å². The van der Waals surface area contributed by atoms with E-state index in [1.807, 2.05) is 35.2 Å². The molecule has 1 aromatic heterocycles. The molecule has 3 heterocycles. The molecule has 2 aliphatic heterocycles. The van der Waals surface area contributed by atoms with E-state index in [-0.39, 0.29) is 24.5 Å². The number of piperidine rings is 1. The SMILES string of the molecule is O=C(Nc1ccc2c(c1)OCO2)C1CCN(C(=O)CCCSc2nc3ccccc3[nH]2)CC1. The first-order valence-corrected chi connectivity index (χ1v) is 12.2. The number of carbonyl (C=O) groups excluding carboxylic acids is 2. The molecule has 2 amide bonds. The van der Waals surface area contributed by atoms with Gasteiger partial charge in [-0.25, -0.2) is 4.98 Å². The van der Waals surface area contributed by atoms with Gasteiger partial charge in [0, 0.05) is 42.9 Å². The van der Waals surface area contributed by atoms with Crippen molar-refractivity contribution in [1.29, 1.82) is 0 Å². The number of aromatic amines is 1. The lowest BCUT2D eigenvalue weighted by Crippen LogP contribution is -2.41. The Morgan fingerprint density at radius 1 is 1.12 bits per heavy atom. The Labute approximate surface area is 196 Å². The zero-order chi connectivity index (χ0) is 22.6. The van der Waals surface area contributed by atoms with Gasteiger partial charge in [-0.1, -0.05) is 23.9 Å². The molecule has 0 bridgehead atoms. The van der Waals surface area contributed by atoms with Crippen LogP contribution in [0.3, 0.4) is 0 Å². The second-order valence-electron chi connectivity index (χ2n) is 8.22. The van der Waals surface area contributed by atoms with Gasteiger partial charge in [-0.05, 0) is 43.5 Å². The van der Waals surface area contributed by atoms with E-state index in [1.165, 1.54) is 0 Å². The summed E-state index contributed by atoms with van der Waals surface area (Å²) in [7, 11) is 0. The van der Waals surface area contributed by atoms with E-state index in [2.05, 4.69) is 15.3 Å². The Balaban J connectivity index is 1.02. The largest absolute Gasteiger partial charge is 0.454 e. The molecule has 1 saturated heterocycles. The highest BCUT2D eigenvalue weighted by atomic mass is 32.2. The number of fused-ring (bicyclic) bond motifs is 2. The van der Waals surface area contributed by atoms with Gasteiger partial charge in [0.1, 0.15) is 0 Å². The second kappa shape index (κ2) is 9.74. The fourth-order valence-corrected chi connectivity index (χ4v) is 4.98. The van der Waals surface area contributed by atoms with E-state index in [0.717, 1.165) is 28.4 Å². The molecular weight excluding hydrogens is 440 g/mol. The average Bonchev–Trinajstić information content (AvgIpc) is 3.48. The zero-order valence-electron chi connectivity index (χ0n) is 18.2. The molecule has 2 aliphatic rings. The molecular formula is C24H26N4O4S. The molecule has 2 aromatic carbocycles. The number of nitrogens with zero attached hydrogens (tertiary/aromatic N) is 2. The van der Waals surface area contributed by atoms with Crippen LogP contribution in [0.4, 0.5) is 5.69 Å². The number of para-hydroxylation sites is 2. The fourth-order valence-electron chi connectivity index (χ4n) is 4.16. The van der Waals surface area contributed by atoms with E-state index < -0.39 is 0 Å². The molecule has 0 atom stereocenters. The van der Waals surface area contributed by atoms with E-state index >= 15 is 0 Å². The highest BCUT2D eigenvalue weighted by Crippen LogP contribution is 2.34. The van der Waals surface area contributed by atoms with Gasteiger partial charge >= 0.3 is 0 Å². The quantitative estimate of drug-likeness (QED) is 0.403. The monoisotopic (exact) mass is 466 g/mol. The van der Waals surface area contributed by atoms with Crippen molar-refractivity contribution in [2.45, 2.75) is 30.8 Å². The van der Waals surface area contributed by atoms with Crippen molar-refractivity contribution in [1.82, 2.24) is 14.9 Å². The number of amides is 2. The van der Waals surface area contributed by atoms with E-state index in [9.17, 15) is 9.59 Å². The van der Waals surface area contributed by atoms with E-state index in [0.29, 0.717) is 49.5 Å². The van der Waals surface area contributed by atoms with Crippen molar-refractivity contribution in [3.05, 3.63) is 42.5 Å². The molecule has 5 rings (SSSR count). The lowest BCUT2D eigenvalue weighted by atomic mass is 9.95. The molecule has 33 heavy (non-hydrogen) atoms. The molecule has 2 N–H and O–H groups in total. The maximum absolute atomic E-state index is 12.7. The topological polar surface area (TPSA) is 96.6 Å². The van der Waals surface area contributed by atoms with Crippen LogP contribution in [0.5, 0.6) is 11.5 Å². The summed E-state index contributed by atoms with van der Waals surface area (Å²) in [6.45, 7) is 1.45. The Morgan fingerprint density at radius 2 is 1.94 bits per heavy atom. The predicted molar refractivity (Wildman–Crippen MR) is 127 cm³/mol. The van der Waals surface area contributed by atoms with Crippen LogP contribution >= 0.6 is 11.8 Å². The van der Waals surface area contributed by atoms with Gasteiger partial charge in [-0.2, -0.15) is 0 Å². The van der Waals surface area contributed by atoms with Crippen LogP contribution in [0.1, 0.15) is 25.7 Å². The Bertz CT molecular complexity index is 1120. The third-order valence-electron chi connectivity index (χ3n) is 6.00. The Hall–Kier alpha value is -3.20. The number of thioether (sulfide) groups is 1. The number of likely N-dealkylation sites (tertiary alicyclic amines) is 1. The number of nitrogens with one attached hydrogen (secondary N) is 2. The van der Waals surface area contributed by atoms with Crippen LogP contribution in [0.25, 0.3) is 11.0 Å². The molecule has 0 spiro atoms. The van der Waals surface area contributed by atoms with Gasteiger partial charge in [-0.3, -0.25) is 9.59 Å². The summed E-state index contributed by atoms with van der Waals surface area (Å²) in [6.07, 6.45) is 2.66. The molecule has 1 fully saturated rings. The molecule has 0 saturated carbocycles. The number of hydrogen-bond donors (Lipinski definition) is 2. The summed E-state index contributed by atoms with van der Waals surface area (Å²) < 4.78 is 10.7.